The van der Waals surface area contributed by atoms with Crippen LogP contribution in [-0.4, -0.2) is 10.5 Å². The van der Waals surface area contributed by atoms with Gasteiger partial charge in [0.1, 0.15) is 0 Å². The van der Waals surface area contributed by atoms with Gasteiger partial charge in [-0.05, 0) is 37.6 Å². The Kier molecular flexibility index (Phi) is 4.18. The van der Waals surface area contributed by atoms with Crippen LogP contribution in [0.4, 0.5) is 5.69 Å². The van der Waals surface area contributed by atoms with Crippen molar-refractivity contribution in [2.45, 2.75) is 26.3 Å². The van der Waals surface area contributed by atoms with Gasteiger partial charge in [0.25, 0.3) is 0 Å². The average Bonchev–Trinajstić information content (AvgIpc) is 2.85. The number of aryl methyl sites for hydroxylation is 2. The highest BCUT2D eigenvalue weighted by molar-refractivity contribution is 5.90. The number of carbonyl (C=O) groups is 1. The molecule has 3 heteroatoms. The largest absolute Gasteiger partial charge is 0.354 e. The Bertz CT molecular complexity index is 486. The van der Waals surface area contributed by atoms with Crippen molar-refractivity contribution < 1.29 is 4.79 Å². The topological polar surface area (TPSA) is 34.0 Å². The molecule has 1 aromatic carbocycles. The summed E-state index contributed by atoms with van der Waals surface area (Å²) in [5.41, 5.74) is 2.06. The third-order valence-corrected chi connectivity index (χ3v) is 2.82. The SMILES string of the molecule is Cc1ccc(NC(=O)CCCn2cccc2)cc1. The number of hydrogen-bond donors (Lipinski definition) is 1. The van der Waals surface area contributed by atoms with E-state index in [1.54, 1.807) is 0 Å². The molecule has 0 spiro atoms. The lowest BCUT2D eigenvalue weighted by Gasteiger charge is -2.06. The van der Waals surface area contributed by atoms with Gasteiger partial charge in [-0.1, -0.05) is 17.7 Å². The highest BCUT2D eigenvalue weighted by Gasteiger charge is 2.02. The van der Waals surface area contributed by atoms with Crippen LogP contribution < -0.4 is 5.32 Å². The molecular formula is C15H18N2O. The van der Waals surface area contributed by atoms with E-state index in [1.165, 1.54) is 5.56 Å². The van der Waals surface area contributed by atoms with Gasteiger partial charge >= 0.3 is 0 Å². The lowest BCUT2D eigenvalue weighted by atomic mass is 10.2. The predicted molar refractivity (Wildman–Crippen MR) is 73.5 cm³/mol. The van der Waals surface area contributed by atoms with Crippen molar-refractivity contribution in [3.63, 3.8) is 0 Å². The van der Waals surface area contributed by atoms with E-state index < -0.39 is 0 Å². The average molecular weight is 242 g/mol. The molecule has 0 aliphatic carbocycles. The maximum absolute atomic E-state index is 11.7. The molecule has 18 heavy (non-hydrogen) atoms. The quantitative estimate of drug-likeness (QED) is 0.858. The first-order chi connectivity index (χ1) is 8.74. The molecule has 0 aliphatic rings. The van der Waals surface area contributed by atoms with Gasteiger partial charge < -0.3 is 9.88 Å². The van der Waals surface area contributed by atoms with Crippen LogP contribution in [0, 0.1) is 6.92 Å². The zero-order chi connectivity index (χ0) is 12.8. The minimum atomic E-state index is 0.0750. The first-order valence-electron chi connectivity index (χ1n) is 6.21. The lowest BCUT2D eigenvalue weighted by molar-refractivity contribution is -0.116. The third-order valence-electron chi connectivity index (χ3n) is 2.82. The monoisotopic (exact) mass is 242 g/mol. The number of nitrogens with one attached hydrogen (secondary N) is 1. The van der Waals surface area contributed by atoms with Crippen LogP contribution in [0.3, 0.4) is 0 Å². The summed E-state index contributed by atoms with van der Waals surface area (Å²) in [5.74, 6) is 0.0750. The van der Waals surface area contributed by atoms with Gasteiger partial charge in [-0.15, -0.1) is 0 Å². The fourth-order valence-electron chi connectivity index (χ4n) is 1.80. The Morgan fingerprint density at radius 1 is 1.17 bits per heavy atom. The lowest BCUT2D eigenvalue weighted by Crippen LogP contribution is -2.12. The van der Waals surface area contributed by atoms with Crippen LogP contribution in [0.5, 0.6) is 0 Å². The summed E-state index contributed by atoms with van der Waals surface area (Å²) in [5, 5.41) is 2.90. The highest BCUT2D eigenvalue weighted by atomic mass is 16.1. The first kappa shape index (κ1) is 12.4. The molecule has 0 unspecified atom stereocenters. The van der Waals surface area contributed by atoms with Gasteiger partial charge in [0.05, 0.1) is 0 Å². The zero-order valence-corrected chi connectivity index (χ0v) is 10.6. The maximum Gasteiger partial charge on any atom is 0.224 e. The van der Waals surface area contributed by atoms with Crippen molar-refractivity contribution in [1.82, 2.24) is 4.57 Å². The summed E-state index contributed by atoms with van der Waals surface area (Å²) in [6, 6.07) is 11.8. The van der Waals surface area contributed by atoms with E-state index in [2.05, 4.69) is 9.88 Å². The van der Waals surface area contributed by atoms with E-state index in [9.17, 15) is 4.79 Å². The number of nitrogens with zero attached hydrogens (tertiary/aromatic N) is 1. The second-order valence-electron chi connectivity index (χ2n) is 4.44. The molecule has 1 heterocycles. The predicted octanol–water partition coefficient (Wildman–Crippen LogP) is 3.22. The van der Waals surface area contributed by atoms with Crippen LogP contribution in [0.2, 0.25) is 0 Å². The Hall–Kier alpha value is -2.03. The summed E-state index contributed by atoms with van der Waals surface area (Å²) in [4.78, 5) is 11.7. The van der Waals surface area contributed by atoms with E-state index in [4.69, 9.17) is 0 Å². The molecule has 0 saturated carbocycles. The van der Waals surface area contributed by atoms with E-state index in [0.29, 0.717) is 6.42 Å². The first-order valence-corrected chi connectivity index (χ1v) is 6.21. The second-order valence-corrected chi connectivity index (χ2v) is 4.44. The molecule has 0 atom stereocenters. The summed E-state index contributed by atoms with van der Waals surface area (Å²) in [7, 11) is 0. The summed E-state index contributed by atoms with van der Waals surface area (Å²) in [6.45, 7) is 2.91. The number of carbonyl (C=O) groups excluding carboxylic acids is 1. The van der Waals surface area contributed by atoms with Crippen molar-refractivity contribution in [1.29, 1.82) is 0 Å². The summed E-state index contributed by atoms with van der Waals surface area (Å²) < 4.78 is 2.08. The van der Waals surface area contributed by atoms with Crippen molar-refractivity contribution in [3.8, 4) is 0 Å². The van der Waals surface area contributed by atoms with E-state index >= 15 is 0 Å². The smallest absolute Gasteiger partial charge is 0.224 e. The van der Waals surface area contributed by atoms with Crippen LogP contribution in [0.15, 0.2) is 48.8 Å². The van der Waals surface area contributed by atoms with Crippen molar-refractivity contribution in [2.75, 3.05) is 5.32 Å². The number of rotatable bonds is 5. The molecule has 0 fully saturated rings. The molecule has 0 radical (unpaired) electrons. The highest BCUT2D eigenvalue weighted by Crippen LogP contribution is 2.09. The van der Waals surface area contributed by atoms with Gasteiger partial charge in [0, 0.05) is 31.0 Å². The van der Waals surface area contributed by atoms with E-state index in [0.717, 1.165) is 18.7 Å². The molecule has 1 amide bonds. The molecule has 1 N–H and O–H groups in total. The number of anilines is 1. The van der Waals surface area contributed by atoms with E-state index in [-0.39, 0.29) is 5.91 Å². The van der Waals surface area contributed by atoms with Crippen molar-refractivity contribution >= 4 is 11.6 Å². The molecule has 0 bridgehead atoms. The molecule has 1 aromatic heterocycles. The van der Waals surface area contributed by atoms with Crippen molar-refractivity contribution in [2.24, 2.45) is 0 Å². The molecule has 2 aromatic rings. The van der Waals surface area contributed by atoms with Crippen LogP contribution >= 0.6 is 0 Å². The zero-order valence-electron chi connectivity index (χ0n) is 10.6. The summed E-state index contributed by atoms with van der Waals surface area (Å²) >= 11 is 0. The number of amides is 1. The Morgan fingerprint density at radius 2 is 1.83 bits per heavy atom. The number of benzene rings is 1. The fraction of sp³-hybridized carbons (Fsp3) is 0.267. The second kappa shape index (κ2) is 6.05. The molecule has 3 nitrogen and oxygen atoms in total. The molecular weight excluding hydrogens is 224 g/mol. The Balaban J connectivity index is 1.73. The van der Waals surface area contributed by atoms with Gasteiger partial charge in [-0.3, -0.25) is 4.79 Å². The summed E-state index contributed by atoms with van der Waals surface area (Å²) in [6.07, 6.45) is 5.42. The third kappa shape index (κ3) is 3.77. The minimum absolute atomic E-state index is 0.0750. The minimum Gasteiger partial charge on any atom is -0.354 e. The van der Waals surface area contributed by atoms with Crippen molar-refractivity contribution in [3.05, 3.63) is 54.4 Å². The van der Waals surface area contributed by atoms with Gasteiger partial charge in [0.2, 0.25) is 5.91 Å². The van der Waals surface area contributed by atoms with Gasteiger partial charge in [0.15, 0.2) is 0 Å². The molecule has 2 rings (SSSR count). The van der Waals surface area contributed by atoms with Gasteiger partial charge in [-0.2, -0.15) is 0 Å². The standard InChI is InChI=1S/C15H18N2O/c1-13-6-8-14(9-7-13)16-15(18)5-4-12-17-10-2-3-11-17/h2-3,6-11H,4-5,12H2,1H3,(H,16,18). The number of aromatic nitrogens is 1. The van der Waals surface area contributed by atoms with Crippen LogP contribution in [0.25, 0.3) is 0 Å². The molecule has 0 aliphatic heterocycles. The molecule has 94 valence electrons. The number of hydrogen-bond acceptors (Lipinski definition) is 1. The van der Waals surface area contributed by atoms with Gasteiger partial charge in [-0.25, -0.2) is 0 Å². The maximum atomic E-state index is 11.7. The van der Waals surface area contributed by atoms with Crippen LogP contribution in [-0.2, 0) is 11.3 Å². The molecule has 0 saturated heterocycles. The fourth-order valence-corrected chi connectivity index (χ4v) is 1.80. The normalized spacial score (nSPS) is 10.3. The van der Waals surface area contributed by atoms with Crippen LogP contribution in [0.1, 0.15) is 18.4 Å². The Morgan fingerprint density at radius 3 is 2.50 bits per heavy atom. The Labute approximate surface area is 107 Å². The van der Waals surface area contributed by atoms with E-state index in [1.807, 2.05) is 55.7 Å².